The number of carbonyl (C=O) groups excluding carboxylic acids is 1. The van der Waals surface area contributed by atoms with E-state index >= 15 is 0 Å². The van der Waals surface area contributed by atoms with E-state index in [2.05, 4.69) is 24.4 Å². The van der Waals surface area contributed by atoms with E-state index in [0.29, 0.717) is 5.78 Å². The third-order valence-corrected chi connectivity index (χ3v) is 8.12. The fourth-order valence-electron chi connectivity index (χ4n) is 6.88. The minimum Gasteiger partial charge on any atom is -0.454 e. The summed E-state index contributed by atoms with van der Waals surface area (Å²) in [4.78, 5) is 19.0. The van der Waals surface area contributed by atoms with Crippen LogP contribution >= 0.6 is 0 Å². The van der Waals surface area contributed by atoms with Crippen LogP contribution in [0.4, 0.5) is 0 Å². The summed E-state index contributed by atoms with van der Waals surface area (Å²) < 4.78 is 11.2. The normalized spacial score (nSPS) is 23.1. The van der Waals surface area contributed by atoms with Gasteiger partial charge in [-0.2, -0.15) is 0 Å². The van der Waals surface area contributed by atoms with Crippen molar-refractivity contribution in [3.8, 4) is 11.5 Å². The zero-order valence-electron chi connectivity index (χ0n) is 16.4. The van der Waals surface area contributed by atoms with Gasteiger partial charge in [-0.3, -0.25) is 9.78 Å². The van der Waals surface area contributed by atoms with Gasteiger partial charge < -0.3 is 9.47 Å². The highest BCUT2D eigenvalue weighted by Gasteiger charge is 2.61. The minimum atomic E-state index is -0.287. The minimum absolute atomic E-state index is 0.270. The van der Waals surface area contributed by atoms with Gasteiger partial charge in [0.25, 0.3) is 0 Å². The van der Waals surface area contributed by atoms with E-state index in [-0.39, 0.29) is 17.6 Å². The summed E-state index contributed by atoms with van der Waals surface area (Å²) in [5.74, 6) is 2.09. The number of ketones is 1. The molecule has 29 heavy (non-hydrogen) atoms. The second-order valence-electron chi connectivity index (χ2n) is 9.34. The number of carbonyl (C=O) groups is 1. The van der Waals surface area contributed by atoms with Crippen molar-refractivity contribution >= 4 is 27.5 Å². The Balaban J connectivity index is 1.59. The molecule has 0 N–H and O–H groups in total. The highest BCUT2D eigenvalue weighted by Crippen LogP contribution is 2.61. The van der Waals surface area contributed by atoms with Crippen LogP contribution in [-0.2, 0) is 15.6 Å². The fraction of sp³-hybridized carbons (Fsp3) is 0.440. The molecule has 4 heteroatoms. The van der Waals surface area contributed by atoms with Crippen molar-refractivity contribution in [1.82, 2.24) is 4.98 Å². The predicted molar refractivity (Wildman–Crippen MR) is 111 cm³/mol. The molecule has 1 aliphatic heterocycles. The molecular weight excluding hydrogens is 362 g/mol. The Kier molecular flexibility index (Phi) is 2.96. The Morgan fingerprint density at radius 1 is 0.828 bits per heavy atom. The van der Waals surface area contributed by atoms with Crippen LogP contribution in [0.15, 0.2) is 30.5 Å². The summed E-state index contributed by atoms with van der Waals surface area (Å²) in [6.45, 7) is 0.270. The number of aromatic nitrogens is 1. The maximum absolute atomic E-state index is 14.0. The van der Waals surface area contributed by atoms with Gasteiger partial charge in [0, 0.05) is 17.0 Å². The summed E-state index contributed by atoms with van der Waals surface area (Å²) in [5.41, 5.74) is 2.99. The average Bonchev–Trinajstić information content (AvgIpc) is 3.53. The van der Waals surface area contributed by atoms with E-state index in [0.717, 1.165) is 79.2 Å². The number of benzene rings is 2. The lowest BCUT2D eigenvalue weighted by atomic mass is 9.73. The molecule has 0 bridgehead atoms. The molecule has 2 heterocycles. The Labute approximate surface area is 169 Å². The number of rotatable bonds is 0. The van der Waals surface area contributed by atoms with Gasteiger partial charge in [-0.15, -0.1) is 0 Å². The molecule has 2 fully saturated rings. The first-order valence-corrected chi connectivity index (χ1v) is 10.9. The number of Topliss-reactive ketones (excluding diaryl/α,β-unsaturated/α-hetero) is 1. The molecule has 146 valence electrons. The average molecular weight is 385 g/mol. The van der Waals surface area contributed by atoms with Crippen LogP contribution in [0.5, 0.6) is 11.5 Å². The molecule has 7 rings (SSSR count). The largest absolute Gasteiger partial charge is 0.454 e. The fourth-order valence-corrected chi connectivity index (χ4v) is 6.88. The van der Waals surface area contributed by atoms with Crippen LogP contribution in [0.1, 0.15) is 62.5 Å². The molecule has 0 amide bonds. The quantitative estimate of drug-likeness (QED) is 0.491. The third-order valence-electron chi connectivity index (χ3n) is 8.12. The van der Waals surface area contributed by atoms with Crippen LogP contribution in [0, 0.1) is 0 Å². The first-order chi connectivity index (χ1) is 14.2. The molecule has 3 aromatic rings. The number of hydrogen-bond acceptors (Lipinski definition) is 4. The van der Waals surface area contributed by atoms with Crippen molar-refractivity contribution in [2.75, 3.05) is 6.79 Å². The molecule has 4 aliphatic rings. The molecule has 0 saturated heterocycles. The lowest BCUT2D eigenvalue weighted by molar-refractivity contribution is -0.128. The molecule has 2 spiro atoms. The van der Waals surface area contributed by atoms with Crippen LogP contribution in [0.3, 0.4) is 0 Å². The third kappa shape index (κ3) is 1.82. The molecule has 1 aromatic heterocycles. The first kappa shape index (κ1) is 16.2. The van der Waals surface area contributed by atoms with Crippen LogP contribution < -0.4 is 9.47 Å². The maximum Gasteiger partial charge on any atom is 0.231 e. The lowest BCUT2D eigenvalue weighted by Crippen LogP contribution is -2.38. The molecule has 4 nitrogen and oxygen atoms in total. The molecular formula is C25H23NO3. The number of hydrogen-bond donors (Lipinski definition) is 0. The first-order valence-electron chi connectivity index (χ1n) is 10.9. The van der Waals surface area contributed by atoms with Gasteiger partial charge in [0.15, 0.2) is 17.3 Å². The van der Waals surface area contributed by atoms with E-state index in [4.69, 9.17) is 14.5 Å². The number of nitrogens with zero attached hydrogens (tertiary/aromatic N) is 1. The van der Waals surface area contributed by atoms with Gasteiger partial charge in [-0.1, -0.05) is 37.8 Å². The zero-order chi connectivity index (χ0) is 19.2. The topological polar surface area (TPSA) is 48.4 Å². The van der Waals surface area contributed by atoms with Gasteiger partial charge in [0.2, 0.25) is 6.79 Å². The van der Waals surface area contributed by atoms with Crippen LogP contribution in [0.25, 0.3) is 21.7 Å². The van der Waals surface area contributed by atoms with Gasteiger partial charge in [-0.25, -0.2) is 0 Å². The zero-order valence-corrected chi connectivity index (χ0v) is 16.4. The van der Waals surface area contributed by atoms with Crippen molar-refractivity contribution in [1.29, 1.82) is 0 Å². The van der Waals surface area contributed by atoms with Crippen molar-refractivity contribution in [3.05, 3.63) is 41.6 Å². The summed E-state index contributed by atoms with van der Waals surface area (Å²) in [7, 11) is 0. The summed E-state index contributed by atoms with van der Waals surface area (Å²) in [6, 6.07) is 8.46. The summed E-state index contributed by atoms with van der Waals surface area (Å²) in [6.07, 6.45) is 10.7. The molecule has 0 atom stereocenters. The highest BCUT2D eigenvalue weighted by atomic mass is 16.7. The number of ether oxygens (including phenoxy) is 2. The Bertz CT molecular complexity index is 1220. The van der Waals surface area contributed by atoms with E-state index < -0.39 is 0 Å². The van der Waals surface area contributed by atoms with E-state index in [1.54, 1.807) is 0 Å². The maximum atomic E-state index is 14.0. The second kappa shape index (κ2) is 5.29. The highest BCUT2D eigenvalue weighted by molar-refractivity contribution is 6.13. The Morgan fingerprint density at radius 3 is 2.28 bits per heavy atom. The van der Waals surface area contributed by atoms with Crippen LogP contribution in [0.2, 0.25) is 0 Å². The standard InChI is InChI=1S/C25H23NO3/c27-23-24(7-1-2-8-24)18-13-26-22-16(21(18)25(23)9-3-4-10-25)6-5-15-11-19-20(12-17(15)22)29-14-28-19/h5-6,11-13H,1-4,7-10,14H2. The van der Waals surface area contributed by atoms with Crippen molar-refractivity contribution in [2.24, 2.45) is 0 Å². The van der Waals surface area contributed by atoms with Crippen molar-refractivity contribution in [2.45, 2.75) is 62.2 Å². The van der Waals surface area contributed by atoms with Crippen molar-refractivity contribution in [3.63, 3.8) is 0 Å². The monoisotopic (exact) mass is 385 g/mol. The number of pyridine rings is 1. The molecule has 2 saturated carbocycles. The molecule has 3 aliphatic carbocycles. The number of fused-ring (bicyclic) bond motifs is 8. The van der Waals surface area contributed by atoms with Crippen molar-refractivity contribution < 1.29 is 14.3 Å². The van der Waals surface area contributed by atoms with E-state index in [9.17, 15) is 4.79 Å². The van der Waals surface area contributed by atoms with E-state index in [1.807, 2.05) is 6.07 Å². The van der Waals surface area contributed by atoms with Gasteiger partial charge >= 0.3 is 0 Å². The SMILES string of the molecule is O=C1C2(CCCC2)c2cnc3c(ccc4cc5c(cc43)OCO5)c2C12CCCC2. The summed E-state index contributed by atoms with van der Waals surface area (Å²) >= 11 is 0. The Hall–Kier alpha value is -2.62. The lowest BCUT2D eigenvalue weighted by Gasteiger charge is -2.27. The predicted octanol–water partition coefficient (Wildman–Crippen LogP) is 5.32. The summed E-state index contributed by atoms with van der Waals surface area (Å²) in [5, 5.41) is 3.37. The van der Waals surface area contributed by atoms with Gasteiger partial charge in [-0.05, 0) is 54.3 Å². The van der Waals surface area contributed by atoms with Gasteiger partial charge in [0.05, 0.1) is 16.3 Å². The molecule has 0 unspecified atom stereocenters. The van der Waals surface area contributed by atoms with Gasteiger partial charge in [0.1, 0.15) is 0 Å². The molecule has 2 aromatic carbocycles. The second-order valence-corrected chi connectivity index (χ2v) is 9.34. The smallest absolute Gasteiger partial charge is 0.231 e. The molecule has 0 radical (unpaired) electrons. The van der Waals surface area contributed by atoms with E-state index in [1.165, 1.54) is 16.5 Å². The Morgan fingerprint density at radius 2 is 1.52 bits per heavy atom. The van der Waals surface area contributed by atoms with Crippen LogP contribution in [-0.4, -0.2) is 17.6 Å².